The second-order valence-corrected chi connectivity index (χ2v) is 4.76. The molecule has 0 aromatic heterocycles. The quantitative estimate of drug-likeness (QED) is 0.265. The van der Waals surface area contributed by atoms with Crippen LogP contribution in [0.15, 0.2) is 0 Å². The molecule has 0 unspecified atom stereocenters. The van der Waals surface area contributed by atoms with E-state index in [1.165, 1.54) is 0 Å². The van der Waals surface area contributed by atoms with Crippen molar-refractivity contribution >= 4 is 16.8 Å². The SMILES string of the molecule is B.B.CCC(N)(N)C(C)(CC)CC.CCCNOC. The van der Waals surface area contributed by atoms with Gasteiger partial charge in [-0.15, -0.1) is 0 Å². The molecule has 0 aromatic rings. The lowest BCUT2D eigenvalue weighted by molar-refractivity contribution is 0.0920. The summed E-state index contributed by atoms with van der Waals surface area (Å²) in [5.41, 5.74) is 14.3. The summed E-state index contributed by atoms with van der Waals surface area (Å²) in [6.07, 6.45) is 4.05. The largest absolute Gasteiger partial charge is 0.313 e. The van der Waals surface area contributed by atoms with Gasteiger partial charge in [0.15, 0.2) is 0 Å². The molecule has 0 saturated carbocycles. The zero-order valence-corrected chi connectivity index (χ0v) is 12.6. The molecule has 0 aliphatic carbocycles. The van der Waals surface area contributed by atoms with E-state index in [-0.39, 0.29) is 22.2 Å². The highest BCUT2D eigenvalue weighted by atomic mass is 16.6. The molecule has 0 aliphatic rings. The molecule has 0 aromatic carbocycles. The first kappa shape index (κ1) is 27.3. The van der Waals surface area contributed by atoms with Crippen molar-refractivity contribution in [2.24, 2.45) is 16.9 Å². The van der Waals surface area contributed by atoms with Gasteiger partial charge in [0.2, 0.25) is 0 Å². The van der Waals surface area contributed by atoms with E-state index in [9.17, 15) is 0 Å². The minimum Gasteiger partial charge on any atom is -0.313 e. The standard InChI is InChI=1S/C9H22N2.C4H11NO.2BH3/c1-5-8(4,6-2)9(10,11)7-3;1-3-4-5-6-2;;/h5-7,10-11H2,1-4H3;5H,3-4H2,1-2H3;2*1H3. The Kier molecular flexibility index (Phi) is 20.7. The van der Waals surface area contributed by atoms with Crippen molar-refractivity contribution in [2.45, 2.75) is 66.0 Å². The maximum absolute atomic E-state index is 5.99. The van der Waals surface area contributed by atoms with Crippen molar-refractivity contribution in [1.82, 2.24) is 5.48 Å². The van der Waals surface area contributed by atoms with E-state index in [2.05, 4.69) is 38.0 Å². The summed E-state index contributed by atoms with van der Waals surface area (Å²) in [5, 5.41) is 0. The van der Waals surface area contributed by atoms with Crippen molar-refractivity contribution < 1.29 is 4.84 Å². The zero-order valence-electron chi connectivity index (χ0n) is 12.6. The van der Waals surface area contributed by atoms with Crippen LogP contribution in [0.5, 0.6) is 0 Å². The Labute approximate surface area is 124 Å². The van der Waals surface area contributed by atoms with Gasteiger partial charge >= 0.3 is 0 Å². The van der Waals surface area contributed by atoms with E-state index in [1.807, 2.05) is 6.92 Å². The predicted octanol–water partition coefficient (Wildman–Crippen LogP) is 0.0160. The Bertz CT molecular complexity index is 173. The lowest BCUT2D eigenvalue weighted by Gasteiger charge is -2.42. The van der Waals surface area contributed by atoms with Crippen LogP contribution >= 0.6 is 0 Å². The first-order chi connectivity index (χ1) is 7.85. The van der Waals surface area contributed by atoms with Gasteiger partial charge in [0.1, 0.15) is 0 Å². The summed E-state index contributed by atoms with van der Waals surface area (Å²) < 4.78 is 0. The van der Waals surface area contributed by atoms with Crippen LogP contribution in [0.1, 0.15) is 60.3 Å². The third kappa shape index (κ3) is 10.4. The van der Waals surface area contributed by atoms with Gasteiger partial charge in [-0.3, -0.25) is 0 Å². The highest BCUT2D eigenvalue weighted by molar-refractivity contribution is 5.76. The van der Waals surface area contributed by atoms with Crippen molar-refractivity contribution in [3.05, 3.63) is 0 Å². The van der Waals surface area contributed by atoms with E-state index in [0.717, 1.165) is 32.2 Å². The average molecular weight is 275 g/mol. The van der Waals surface area contributed by atoms with Crippen molar-refractivity contribution in [2.75, 3.05) is 13.7 Å². The number of hydrogen-bond donors (Lipinski definition) is 3. The summed E-state index contributed by atoms with van der Waals surface area (Å²) in [7, 11) is 1.62. The van der Waals surface area contributed by atoms with Crippen LogP contribution in [-0.4, -0.2) is 36.1 Å². The van der Waals surface area contributed by atoms with Crippen LogP contribution < -0.4 is 16.9 Å². The minimum atomic E-state index is -0.503. The third-order valence-corrected chi connectivity index (χ3v) is 3.77. The lowest BCUT2D eigenvalue weighted by Crippen LogP contribution is -2.60. The molecule has 6 heteroatoms. The molecular weight excluding hydrogens is 236 g/mol. The molecule has 0 rings (SSSR count). The van der Waals surface area contributed by atoms with Crippen molar-refractivity contribution in [1.29, 1.82) is 0 Å². The second-order valence-electron chi connectivity index (χ2n) is 4.76. The average Bonchev–Trinajstić information content (AvgIpc) is 2.35. The Morgan fingerprint density at radius 3 is 1.47 bits per heavy atom. The molecule has 0 amide bonds. The van der Waals surface area contributed by atoms with Crippen LogP contribution in [0.4, 0.5) is 0 Å². The molecule has 4 nitrogen and oxygen atoms in total. The zero-order chi connectivity index (χ0) is 13.9. The number of hydrogen-bond acceptors (Lipinski definition) is 4. The van der Waals surface area contributed by atoms with Crippen molar-refractivity contribution in [3.63, 3.8) is 0 Å². The molecule has 19 heavy (non-hydrogen) atoms. The first-order valence-corrected chi connectivity index (χ1v) is 6.68. The summed E-state index contributed by atoms with van der Waals surface area (Å²) in [4.78, 5) is 4.53. The van der Waals surface area contributed by atoms with Crippen molar-refractivity contribution in [3.8, 4) is 0 Å². The van der Waals surface area contributed by atoms with E-state index in [0.29, 0.717) is 0 Å². The Morgan fingerprint density at radius 1 is 0.947 bits per heavy atom. The molecule has 118 valence electrons. The fraction of sp³-hybridized carbons (Fsp3) is 1.00. The fourth-order valence-electron chi connectivity index (χ4n) is 1.54. The topological polar surface area (TPSA) is 73.3 Å². The van der Waals surface area contributed by atoms with Gasteiger partial charge in [-0.25, -0.2) is 5.48 Å². The molecule has 0 bridgehead atoms. The van der Waals surface area contributed by atoms with E-state index in [1.54, 1.807) is 7.11 Å². The number of hydroxylamine groups is 1. The van der Waals surface area contributed by atoms with Crippen LogP contribution in [0.3, 0.4) is 0 Å². The minimum absolute atomic E-state index is 0. The number of nitrogens with one attached hydrogen (secondary N) is 1. The molecule has 0 spiro atoms. The molecule has 5 N–H and O–H groups in total. The summed E-state index contributed by atoms with van der Waals surface area (Å²) in [6, 6.07) is 0. The molecule has 0 radical (unpaired) electrons. The summed E-state index contributed by atoms with van der Waals surface area (Å²) >= 11 is 0. The van der Waals surface area contributed by atoms with Gasteiger partial charge < -0.3 is 16.3 Å². The van der Waals surface area contributed by atoms with Gasteiger partial charge in [0.05, 0.1) is 29.6 Å². The molecule has 0 heterocycles. The first-order valence-electron chi connectivity index (χ1n) is 6.68. The molecule has 0 saturated heterocycles. The van der Waals surface area contributed by atoms with Gasteiger partial charge in [-0.1, -0.05) is 34.6 Å². The smallest absolute Gasteiger partial charge is 0.0814 e. The third-order valence-electron chi connectivity index (χ3n) is 3.77. The van der Waals surface area contributed by atoms with Crippen LogP contribution in [0.25, 0.3) is 0 Å². The Hall–Kier alpha value is -0.0301. The molecule has 0 atom stereocenters. The van der Waals surface area contributed by atoms with E-state index in [4.69, 9.17) is 11.5 Å². The maximum Gasteiger partial charge on any atom is 0.0814 e. The van der Waals surface area contributed by atoms with Crippen LogP contribution in [0.2, 0.25) is 0 Å². The summed E-state index contributed by atoms with van der Waals surface area (Å²) in [5.74, 6) is 0. The van der Waals surface area contributed by atoms with Gasteiger partial charge in [0, 0.05) is 6.54 Å². The fourth-order valence-corrected chi connectivity index (χ4v) is 1.54. The molecular formula is C13H39B2N3O. The van der Waals surface area contributed by atoms with Crippen LogP contribution in [0, 0.1) is 5.41 Å². The Balaban J connectivity index is -0.000000123. The monoisotopic (exact) mass is 275 g/mol. The predicted molar refractivity (Wildman–Crippen MR) is 95.3 cm³/mol. The molecule has 0 aliphatic heterocycles. The van der Waals surface area contributed by atoms with Crippen LogP contribution in [-0.2, 0) is 4.84 Å². The Morgan fingerprint density at radius 2 is 1.37 bits per heavy atom. The maximum atomic E-state index is 5.99. The normalized spacial score (nSPS) is 10.7. The lowest BCUT2D eigenvalue weighted by atomic mass is 9.72. The second kappa shape index (κ2) is 14.4. The van der Waals surface area contributed by atoms with Gasteiger partial charge in [-0.05, 0) is 31.1 Å². The highest BCUT2D eigenvalue weighted by Crippen LogP contribution is 2.34. The number of nitrogens with two attached hydrogens (primary N) is 2. The molecule has 0 fully saturated rings. The van der Waals surface area contributed by atoms with E-state index >= 15 is 0 Å². The van der Waals surface area contributed by atoms with Gasteiger partial charge in [-0.2, -0.15) is 0 Å². The summed E-state index contributed by atoms with van der Waals surface area (Å²) in [6.45, 7) is 11.5. The highest BCUT2D eigenvalue weighted by Gasteiger charge is 2.37. The van der Waals surface area contributed by atoms with E-state index < -0.39 is 5.66 Å². The van der Waals surface area contributed by atoms with Gasteiger partial charge in [0.25, 0.3) is 0 Å². The number of rotatable bonds is 7.